The third-order valence-electron chi connectivity index (χ3n) is 12.7. The molecule has 7 aromatic rings. The second-order valence-electron chi connectivity index (χ2n) is 20.1. The maximum Gasteiger partial charge on any atom is 0.0159 e. The lowest BCUT2D eigenvalue weighted by molar-refractivity contribution is 0.581. The molecule has 0 spiro atoms. The maximum atomic E-state index is 2.50. The van der Waals surface area contributed by atoms with E-state index in [4.69, 9.17) is 0 Å². The molecule has 0 saturated carbocycles. The van der Waals surface area contributed by atoms with Crippen molar-refractivity contribution in [3.63, 3.8) is 0 Å². The van der Waals surface area contributed by atoms with Crippen LogP contribution in [-0.4, -0.2) is 0 Å². The van der Waals surface area contributed by atoms with E-state index in [2.05, 4.69) is 236 Å². The van der Waals surface area contributed by atoms with Crippen LogP contribution >= 0.6 is 0 Å². The molecule has 0 unspecified atom stereocenters. The maximum absolute atomic E-state index is 2.50. The van der Waals surface area contributed by atoms with Gasteiger partial charge in [0.25, 0.3) is 0 Å². The van der Waals surface area contributed by atoms with Gasteiger partial charge in [0.1, 0.15) is 0 Å². The SMILES string of the molecule is Cc1ccc(-c2ccccc2)cc1.Cc1ccc2c(c1)C(C)(C)c1ccccc1-2.Cc1cccc(-c2cc3c(cc2C(C)(C)C)C(C)(C)c2cc(C(C)(C)C)ccc2-3)c1. The molecule has 0 bridgehead atoms. The molecular formula is C59H64. The Morgan fingerprint density at radius 1 is 0.322 bits per heavy atom. The molecule has 2 aliphatic carbocycles. The topological polar surface area (TPSA) is 0 Å². The highest BCUT2D eigenvalue weighted by atomic mass is 14.4. The number of hydrogen-bond donors (Lipinski definition) is 0. The zero-order valence-corrected chi connectivity index (χ0v) is 37.9. The second kappa shape index (κ2) is 15.6. The van der Waals surface area contributed by atoms with Crippen molar-refractivity contribution in [3.05, 3.63) is 202 Å². The highest BCUT2D eigenvalue weighted by molar-refractivity contribution is 5.87. The average molecular weight is 773 g/mol. The Bertz CT molecular complexity index is 2610. The molecule has 0 saturated heterocycles. The first-order chi connectivity index (χ1) is 27.8. The lowest BCUT2D eigenvalue weighted by Crippen LogP contribution is -2.19. The van der Waals surface area contributed by atoms with E-state index in [0.29, 0.717) is 0 Å². The summed E-state index contributed by atoms with van der Waals surface area (Å²) >= 11 is 0. The quantitative estimate of drug-likeness (QED) is 0.164. The fraction of sp³-hybridized carbons (Fsp3) is 0.288. The van der Waals surface area contributed by atoms with Crippen LogP contribution in [0.15, 0.2) is 152 Å². The summed E-state index contributed by atoms with van der Waals surface area (Å²) in [7, 11) is 0. The van der Waals surface area contributed by atoms with Gasteiger partial charge in [-0.3, -0.25) is 0 Å². The van der Waals surface area contributed by atoms with E-state index >= 15 is 0 Å². The van der Waals surface area contributed by atoms with Gasteiger partial charge in [-0.2, -0.15) is 0 Å². The van der Waals surface area contributed by atoms with Gasteiger partial charge in [-0.05, 0) is 116 Å². The summed E-state index contributed by atoms with van der Waals surface area (Å²) in [5, 5.41) is 0. The Hall–Kier alpha value is -5.46. The first-order valence-electron chi connectivity index (χ1n) is 21.5. The molecule has 59 heavy (non-hydrogen) atoms. The molecular weight excluding hydrogens is 709 g/mol. The molecule has 0 aromatic heterocycles. The van der Waals surface area contributed by atoms with Gasteiger partial charge >= 0.3 is 0 Å². The first kappa shape index (κ1) is 41.7. The molecule has 2 aliphatic rings. The molecule has 9 rings (SSSR count). The Kier molecular flexibility index (Phi) is 11.0. The standard InChI is InChI=1S/C30H36.C16H16.C13H12/c1-19-11-10-12-20(15-19)23-17-24-22-14-13-21(28(2,3)4)16-26(22)30(8,9)27(24)18-25(23)29(5,6)7;1-11-8-9-13-12-6-4-5-7-14(12)16(2,3)15(13)10-11;1-11-7-9-13(10-8-11)12-5-3-2-4-6-12/h10-18H,1-9H3;4-10H,1-3H3;2-10H,1H3. The monoisotopic (exact) mass is 773 g/mol. The van der Waals surface area contributed by atoms with Crippen LogP contribution < -0.4 is 0 Å². The molecule has 0 amide bonds. The van der Waals surface area contributed by atoms with Crippen molar-refractivity contribution in [1.29, 1.82) is 0 Å². The number of aryl methyl sites for hydroxylation is 3. The van der Waals surface area contributed by atoms with Gasteiger partial charge in [0.2, 0.25) is 0 Å². The van der Waals surface area contributed by atoms with Gasteiger partial charge in [-0.25, -0.2) is 0 Å². The predicted molar refractivity (Wildman–Crippen MR) is 257 cm³/mol. The lowest BCUT2D eigenvalue weighted by Gasteiger charge is -2.28. The van der Waals surface area contributed by atoms with Gasteiger partial charge in [0.15, 0.2) is 0 Å². The van der Waals surface area contributed by atoms with Crippen molar-refractivity contribution in [2.45, 2.75) is 112 Å². The number of benzene rings is 7. The van der Waals surface area contributed by atoms with Crippen molar-refractivity contribution in [3.8, 4) is 44.5 Å². The van der Waals surface area contributed by atoms with Crippen LogP contribution in [0.3, 0.4) is 0 Å². The minimum Gasteiger partial charge on any atom is -0.0622 e. The normalized spacial score (nSPS) is 14.1. The number of rotatable bonds is 2. The number of fused-ring (bicyclic) bond motifs is 6. The number of hydrogen-bond acceptors (Lipinski definition) is 0. The Balaban J connectivity index is 0.000000151. The van der Waals surface area contributed by atoms with Gasteiger partial charge in [-0.1, -0.05) is 232 Å². The van der Waals surface area contributed by atoms with Crippen LogP contribution in [-0.2, 0) is 21.7 Å². The summed E-state index contributed by atoms with van der Waals surface area (Å²) in [6, 6.07) is 55.6. The molecule has 0 fully saturated rings. The second-order valence-corrected chi connectivity index (χ2v) is 20.1. The molecule has 0 N–H and O–H groups in total. The molecule has 0 heterocycles. The fourth-order valence-electron chi connectivity index (χ4n) is 9.11. The third-order valence-corrected chi connectivity index (χ3v) is 12.7. The van der Waals surface area contributed by atoms with Crippen LogP contribution in [0.1, 0.15) is 119 Å². The molecule has 300 valence electrons. The average Bonchev–Trinajstić information content (AvgIpc) is 3.56. The van der Waals surface area contributed by atoms with Crippen LogP contribution in [0.2, 0.25) is 0 Å². The van der Waals surface area contributed by atoms with Gasteiger partial charge in [0, 0.05) is 10.8 Å². The summed E-state index contributed by atoms with van der Waals surface area (Å²) in [5.74, 6) is 0. The smallest absolute Gasteiger partial charge is 0.0159 e. The highest BCUT2D eigenvalue weighted by Crippen LogP contribution is 2.53. The largest absolute Gasteiger partial charge is 0.0622 e. The molecule has 0 radical (unpaired) electrons. The van der Waals surface area contributed by atoms with E-state index in [9.17, 15) is 0 Å². The minimum absolute atomic E-state index is 0.0110. The lowest BCUT2D eigenvalue weighted by atomic mass is 9.75. The molecule has 0 atom stereocenters. The van der Waals surface area contributed by atoms with Crippen molar-refractivity contribution in [2.24, 2.45) is 0 Å². The van der Waals surface area contributed by atoms with Crippen molar-refractivity contribution >= 4 is 0 Å². The summed E-state index contributed by atoms with van der Waals surface area (Å²) in [6.45, 7) is 29.8. The predicted octanol–water partition coefficient (Wildman–Crippen LogP) is 16.5. The zero-order valence-electron chi connectivity index (χ0n) is 37.9. The van der Waals surface area contributed by atoms with Gasteiger partial charge < -0.3 is 0 Å². The fourth-order valence-corrected chi connectivity index (χ4v) is 9.11. The summed E-state index contributed by atoms with van der Waals surface area (Å²) in [4.78, 5) is 0. The van der Waals surface area contributed by atoms with E-state index < -0.39 is 0 Å². The van der Waals surface area contributed by atoms with E-state index in [1.165, 1.54) is 94.6 Å². The molecule has 0 heteroatoms. The zero-order chi connectivity index (χ0) is 42.5. The van der Waals surface area contributed by atoms with Crippen LogP contribution in [0, 0.1) is 20.8 Å². The molecule has 0 aliphatic heterocycles. The van der Waals surface area contributed by atoms with E-state index in [1.807, 2.05) is 6.07 Å². The molecule has 7 aromatic carbocycles. The van der Waals surface area contributed by atoms with Crippen LogP contribution in [0.25, 0.3) is 44.5 Å². The first-order valence-corrected chi connectivity index (χ1v) is 21.5. The third kappa shape index (κ3) is 8.25. The van der Waals surface area contributed by atoms with Crippen LogP contribution in [0.5, 0.6) is 0 Å². The van der Waals surface area contributed by atoms with Crippen molar-refractivity contribution < 1.29 is 0 Å². The van der Waals surface area contributed by atoms with Crippen molar-refractivity contribution in [1.82, 2.24) is 0 Å². The Morgan fingerprint density at radius 2 is 0.831 bits per heavy atom. The summed E-state index contributed by atoms with van der Waals surface area (Å²) in [5.41, 5.74) is 23.9. The highest BCUT2D eigenvalue weighted by Gasteiger charge is 2.38. The van der Waals surface area contributed by atoms with E-state index in [-0.39, 0.29) is 21.7 Å². The summed E-state index contributed by atoms with van der Waals surface area (Å²) in [6.07, 6.45) is 0. The van der Waals surface area contributed by atoms with Crippen LogP contribution in [0.4, 0.5) is 0 Å². The van der Waals surface area contributed by atoms with Gasteiger partial charge in [0.05, 0.1) is 0 Å². The van der Waals surface area contributed by atoms with Crippen molar-refractivity contribution in [2.75, 3.05) is 0 Å². The Labute approximate surface area is 356 Å². The summed E-state index contributed by atoms with van der Waals surface area (Å²) < 4.78 is 0. The van der Waals surface area contributed by atoms with Gasteiger partial charge in [-0.15, -0.1) is 0 Å². The van der Waals surface area contributed by atoms with E-state index in [0.717, 1.165) is 0 Å². The van der Waals surface area contributed by atoms with E-state index in [1.54, 1.807) is 0 Å². The minimum atomic E-state index is 0.0110. The molecule has 0 nitrogen and oxygen atoms in total. The Morgan fingerprint density at radius 3 is 1.49 bits per heavy atom.